The topological polar surface area (TPSA) is 66.4 Å². The second-order valence-corrected chi connectivity index (χ2v) is 5.20. The van der Waals surface area contributed by atoms with Gasteiger partial charge in [-0.15, -0.1) is 0 Å². The molecule has 0 spiro atoms. The van der Waals surface area contributed by atoms with Crippen LogP contribution in [0, 0.1) is 5.82 Å². The van der Waals surface area contributed by atoms with Crippen molar-refractivity contribution in [2.24, 2.45) is 0 Å². The average molecular weight is 315 g/mol. The van der Waals surface area contributed by atoms with E-state index in [1.54, 1.807) is 6.07 Å². The van der Waals surface area contributed by atoms with E-state index in [0.717, 1.165) is 11.1 Å². The molecule has 23 heavy (non-hydrogen) atoms. The number of carboxylic acid groups (broad SMARTS) is 1. The molecule has 0 aromatic heterocycles. The van der Waals surface area contributed by atoms with Crippen LogP contribution in [0.25, 0.3) is 0 Å². The molecular formula is C18H18FNO3. The average Bonchev–Trinajstić information content (AvgIpc) is 2.54. The molecule has 2 rings (SSSR count). The van der Waals surface area contributed by atoms with Gasteiger partial charge in [-0.3, -0.25) is 9.59 Å². The van der Waals surface area contributed by atoms with Crippen molar-refractivity contribution in [3.05, 3.63) is 71.0 Å². The molecule has 4 nitrogen and oxygen atoms in total. The van der Waals surface area contributed by atoms with Gasteiger partial charge in [0, 0.05) is 13.0 Å². The summed E-state index contributed by atoms with van der Waals surface area (Å²) in [4.78, 5) is 22.4. The minimum absolute atomic E-state index is 0.0384. The minimum Gasteiger partial charge on any atom is -0.481 e. The van der Waals surface area contributed by atoms with Crippen LogP contribution in [0.3, 0.4) is 0 Å². The zero-order valence-electron chi connectivity index (χ0n) is 12.6. The van der Waals surface area contributed by atoms with Crippen molar-refractivity contribution in [1.29, 1.82) is 0 Å². The Morgan fingerprint density at radius 2 is 1.57 bits per heavy atom. The number of carbonyl (C=O) groups excluding carboxylic acids is 1. The van der Waals surface area contributed by atoms with Crippen molar-refractivity contribution in [3.8, 4) is 0 Å². The molecule has 0 radical (unpaired) electrons. The maximum absolute atomic E-state index is 13.5. The number of aliphatic carboxylic acids is 1. The number of hydrogen-bond donors (Lipinski definition) is 2. The highest BCUT2D eigenvalue weighted by atomic mass is 19.1. The molecule has 120 valence electrons. The van der Waals surface area contributed by atoms with Gasteiger partial charge in [0.15, 0.2) is 0 Å². The maximum Gasteiger partial charge on any atom is 0.303 e. The third kappa shape index (κ3) is 5.21. The summed E-state index contributed by atoms with van der Waals surface area (Å²) >= 11 is 0. The van der Waals surface area contributed by atoms with Crippen molar-refractivity contribution < 1.29 is 19.1 Å². The Bertz CT molecular complexity index is 683. The second kappa shape index (κ2) is 8.08. The van der Waals surface area contributed by atoms with Crippen LogP contribution in [0.1, 0.15) is 27.9 Å². The van der Waals surface area contributed by atoms with Gasteiger partial charge >= 0.3 is 5.97 Å². The van der Waals surface area contributed by atoms with Crippen LogP contribution < -0.4 is 5.32 Å². The van der Waals surface area contributed by atoms with Gasteiger partial charge in [0.05, 0.1) is 5.56 Å². The Balaban J connectivity index is 1.81. The summed E-state index contributed by atoms with van der Waals surface area (Å²) in [5.74, 6) is -1.78. The fraction of sp³-hybridized carbons (Fsp3) is 0.222. The van der Waals surface area contributed by atoms with E-state index in [1.165, 1.54) is 18.2 Å². The van der Waals surface area contributed by atoms with E-state index in [9.17, 15) is 14.0 Å². The molecule has 0 bridgehead atoms. The van der Waals surface area contributed by atoms with Gasteiger partial charge < -0.3 is 10.4 Å². The van der Waals surface area contributed by atoms with Crippen molar-refractivity contribution in [2.75, 3.05) is 6.54 Å². The molecule has 1 amide bonds. The van der Waals surface area contributed by atoms with Gasteiger partial charge in [-0.25, -0.2) is 4.39 Å². The van der Waals surface area contributed by atoms with Gasteiger partial charge in [0.2, 0.25) is 0 Å². The van der Waals surface area contributed by atoms with Crippen LogP contribution in [-0.2, 0) is 17.6 Å². The van der Waals surface area contributed by atoms with E-state index in [4.69, 9.17) is 5.11 Å². The van der Waals surface area contributed by atoms with Gasteiger partial charge in [-0.2, -0.15) is 0 Å². The SMILES string of the molecule is O=C(O)CCc1ccc(CCNC(=O)c2ccccc2F)cc1. The zero-order chi connectivity index (χ0) is 16.7. The van der Waals surface area contributed by atoms with E-state index in [0.29, 0.717) is 19.4 Å². The fourth-order valence-corrected chi connectivity index (χ4v) is 2.18. The third-order valence-electron chi connectivity index (χ3n) is 3.47. The van der Waals surface area contributed by atoms with E-state index in [-0.39, 0.29) is 12.0 Å². The predicted molar refractivity (Wildman–Crippen MR) is 84.8 cm³/mol. The number of benzene rings is 2. The van der Waals surface area contributed by atoms with E-state index in [1.807, 2.05) is 24.3 Å². The fourth-order valence-electron chi connectivity index (χ4n) is 2.18. The van der Waals surface area contributed by atoms with Crippen LogP contribution in [-0.4, -0.2) is 23.5 Å². The normalized spacial score (nSPS) is 10.3. The highest BCUT2D eigenvalue weighted by molar-refractivity contribution is 5.94. The zero-order valence-corrected chi connectivity index (χ0v) is 12.6. The molecule has 5 heteroatoms. The molecule has 0 fully saturated rings. The van der Waals surface area contributed by atoms with Gasteiger partial charge in [0.1, 0.15) is 5.82 Å². The summed E-state index contributed by atoms with van der Waals surface area (Å²) in [6.07, 6.45) is 1.23. The highest BCUT2D eigenvalue weighted by Crippen LogP contribution is 2.08. The van der Waals surface area contributed by atoms with Crippen molar-refractivity contribution in [3.63, 3.8) is 0 Å². The summed E-state index contributed by atoms with van der Waals surface area (Å²) < 4.78 is 13.5. The summed E-state index contributed by atoms with van der Waals surface area (Å²) in [6.45, 7) is 0.404. The first-order chi connectivity index (χ1) is 11.1. The quantitative estimate of drug-likeness (QED) is 0.825. The molecule has 0 aliphatic rings. The van der Waals surface area contributed by atoms with Crippen LogP contribution in [0.4, 0.5) is 4.39 Å². The summed E-state index contributed by atoms with van der Waals surface area (Å²) in [6, 6.07) is 13.4. The Morgan fingerprint density at radius 1 is 0.957 bits per heavy atom. The van der Waals surface area contributed by atoms with Crippen molar-refractivity contribution in [2.45, 2.75) is 19.3 Å². The number of aryl methyl sites for hydroxylation is 1. The monoisotopic (exact) mass is 315 g/mol. The molecule has 2 aromatic rings. The van der Waals surface area contributed by atoms with Gasteiger partial charge in [0.25, 0.3) is 5.91 Å². The number of amides is 1. The summed E-state index contributed by atoms with van der Waals surface area (Å²) in [7, 11) is 0. The lowest BCUT2D eigenvalue weighted by Gasteiger charge is -2.07. The molecule has 0 unspecified atom stereocenters. The second-order valence-electron chi connectivity index (χ2n) is 5.20. The highest BCUT2D eigenvalue weighted by Gasteiger charge is 2.09. The number of nitrogens with one attached hydrogen (secondary N) is 1. The first-order valence-electron chi connectivity index (χ1n) is 7.38. The van der Waals surface area contributed by atoms with E-state index < -0.39 is 17.7 Å². The molecule has 2 aromatic carbocycles. The number of rotatable bonds is 7. The van der Waals surface area contributed by atoms with Crippen LogP contribution >= 0.6 is 0 Å². The maximum atomic E-state index is 13.5. The number of hydrogen-bond acceptors (Lipinski definition) is 2. The van der Waals surface area contributed by atoms with E-state index in [2.05, 4.69) is 5.32 Å². The molecule has 0 saturated carbocycles. The Kier molecular flexibility index (Phi) is 5.86. The Labute approximate surface area is 134 Å². The Morgan fingerprint density at radius 3 is 2.17 bits per heavy atom. The molecule has 0 heterocycles. The molecule has 0 atom stereocenters. The molecule has 0 aliphatic carbocycles. The number of carboxylic acids is 1. The Hall–Kier alpha value is -2.69. The van der Waals surface area contributed by atoms with Crippen molar-refractivity contribution in [1.82, 2.24) is 5.32 Å². The first kappa shape index (κ1) is 16.7. The smallest absolute Gasteiger partial charge is 0.303 e. The number of carbonyl (C=O) groups is 2. The van der Waals surface area contributed by atoms with Gasteiger partial charge in [-0.05, 0) is 36.1 Å². The predicted octanol–water partition coefficient (Wildman–Crippen LogP) is 2.82. The lowest BCUT2D eigenvalue weighted by atomic mass is 10.1. The molecule has 2 N–H and O–H groups in total. The molecule has 0 saturated heterocycles. The van der Waals surface area contributed by atoms with Crippen LogP contribution in [0.5, 0.6) is 0 Å². The minimum atomic E-state index is -0.815. The lowest BCUT2D eigenvalue weighted by molar-refractivity contribution is -0.136. The summed E-state index contributed by atoms with van der Waals surface area (Å²) in [5, 5.41) is 11.3. The molecule has 0 aliphatic heterocycles. The first-order valence-corrected chi connectivity index (χ1v) is 7.38. The summed E-state index contributed by atoms with van der Waals surface area (Å²) in [5.41, 5.74) is 2.03. The lowest BCUT2D eigenvalue weighted by Crippen LogP contribution is -2.26. The van der Waals surface area contributed by atoms with Gasteiger partial charge in [-0.1, -0.05) is 36.4 Å². The van der Waals surface area contributed by atoms with E-state index >= 15 is 0 Å². The molecular weight excluding hydrogens is 297 g/mol. The number of halogens is 1. The third-order valence-corrected chi connectivity index (χ3v) is 3.47. The van der Waals surface area contributed by atoms with Crippen molar-refractivity contribution >= 4 is 11.9 Å². The van der Waals surface area contributed by atoms with Crippen LogP contribution in [0.15, 0.2) is 48.5 Å². The van der Waals surface area contributed by atoms with Crippen LogP contribution in [0.2, 0.25) is 0 Å². The standard InChI is InChI=1S/C18H18FNO3/c19-16-4-2-1-3-15(16)18(23)20-12-11-14-7-5-13(6-8-14)9-10-17(21)22/h1-8H,9-12H2,(H,20,23)(H,21,22). The largest absolute Gasteiger partial charge is 0.481 e.